The van der Waals surface area contributed by atoms with Gasteiger partial charge in [0.15, 0.2) is 0 Å². The van der Waals surface area contributed by atoms with Gasteiger partial charge in [-0.25, -0.2) is 0 Å². The van der Waals surface area contributed by atoms with Crippen LogP contribution in [-0.2, 0) is 14.4 Å². The predicted octanol–water partition coefficient (Wildman–Crippen LogP) is 0.750. The Morgan fingerprint density at radius 2 is 2.05 bits per heavy atom. The fraction of sp³-hybridized carbons (Fsp3) is 0.357. The van der Waals surface area contributed by atoms with Crippen molar-refractivity contribution < 1.29 is 19.5 Å². The van der Waals surface area contributed by atoms with Crippen molar-refractivity contribution in [3.63, 3.8) is 0 Å². The second kappa shape index (κ2) is 7.12. The summed E-state index contributed by atoms with van der Waals surface area (Å²) in [6, 6.07) is 6.67. The molecule has 2 rings (SSSR count). The van der Waals surface area contributed by atoms with Crippen LogP contribution in [0.25, 0.3) is 0 Å². The summed E-state index contributed by atoms with van der Waals surface area (Å²) < 4.78 is 0. The number of amides is 3. The Morgan fingerprint density at radius 1 is 1.29 bits per heavy atom. The summed E-state index contributed by atoms with van der Waals surface area (Å²) in [5, 5.41) is 11.8. The van der Waals surface area contributed by atoms with Crippen molar-refractivity contribution in [3.05, 3.63) is 24.3 Å². The van der Waals surface area contributed by atoms with Crippen molar-refractivity contribution in [2.24, 2.45) is 0 Å². The van der Waals surface area contributed by atoms with Crippen LogP contribution in [0.15, 0.2) is 29.2 Å². The SMILES string of the molecule is O=C(CSc1ccccc1O)NC(=O)CN1CCCC1=O. The second-order valence-corrected chi connectivity index (χ2v) is 5.66. The highest BCUT2D eigenvalue weighted by atomic mass is 32.2. The third-order valence-corrected chi connectivity index (χ3v) is 4.07. The number of para-hydroxylation sites is 1. The lowest BCUT2D eigenvalue weighted by Gasteiger charge is -2.14. The minimum absolute atomic E-state index is 0.0251. The molecule has 0 atom stereocenters. The number of nitrogens with zero attached hydrogens (tertiary/aromatic N) is 1. The predicted molar refractivity (Wildman–Crippen MR) is 77.8 cm³/mol. The number of hydrogen-bond acceptors (Lipinski definition) is 5. The molecule has 21 heavy (non-hydrogen) atoms. The number of nitrogens with one attached hydrogen (secondary N) is 1. The quantitative estimate of drug-likeness (QED) is 0.784. The maximum Gasteiger partial charge on any atom is 0.246 e. The van der Waals surface area contributed by atoms with E-state index in [0.29, 0.717) is 17.9 Å². The molecule has 1 aliphatic heterocycles. The smallest absolute Gasteiger partial charge is 0.246 e. The molecule has 7 heteroatoms. The zero-order valence-electron chi connectivity index (χ0n) is 11.4. The Hall–Kier alpha value is -2.02. The lowest BCUT2D eigenvalue weighted by molar-refractivity contribution is -0.135. The van der Waals surface area contributed by atoms with E-state index in [-0.39, 0.29) is 24.0 Å². The summed E-state index contributed by atoms with van der Waals surface area (Å²) in [5.74, 6) is -0.851. The molecule has 1 aliphatic rings. The van der Waals surface area contributed by atoms with Crippen molar-refractivity contribution >= 4 is 29.5 Å². The molecule has 0 aromatic heterocycles. The van der Waals surface area contributed by atoms with Crippen LogP contribution in [-0.4, -0.2) is 46.6 Å². The van der Waals surface area contributed by atoms with Gasteiger partial charge in [0.2, 0.25) is 17.7 Å². The molecule has 112 valence electrons. The molecule has 2 N–H and O–H groups in total. The van der Waals surface area contributed by atoms with Crippen molar-refractivity contribution in [2.45, 2.75) is 17.7 Å². The molecule has 3 amide bonds. The molecule has 0 aliphatic carbocycles. The lowest BCUT2D eigenvalue weighted by Crippen LogP contribution is -2.41. The van der Waals surface area contributed by atoms with E-state index in [1.54, 1.807) is 18.2 Å². The van der Waals surface area contributed by atoms with Gasteiger partial charge >= 0.3 is 0 Å². The Bertz CT molecular complexity index is 562. The number of rotatable bonds is 5. The van der Waals surface area contributed by atoms with E-state index < -0.39 is 11.8 Å². The minimum atomic E-state index is -0.479. The molecule has 0 spiro atoms. The Morgan fingerprint density at radius 3 is 2.71 bits per heavy atom. The number of thioether (sulfide) groups is 1. The molecular weight excluding hydrogens is 292 g/mol. The van der Waals surface area contributed by atoms with Gasteiger partial charge in [-0.2, -0.15) is 0 Å². The van der Waals surface area contributed by atoms with Gasteiger partial charge in [0.05, 0.1) is 12.3 Å². The maximum absolute atomic E-state index is 11.7. The Kier molecular flexibility index (Phi) is 5.21. The van der Waals surface area contributed by atoms with Crippen LogP contribution in [0.1, 0.15) is 12.8 Å². The van der Waals surface area contributed by atoms with E-state index in [1.807, 2.05) is 0 Å². The molecule has 1 saturated heterocycles. The molecular formula is C14H16N2O4S. The molecule has 6 nitrogen and oxygen atoms in total. The number of carbonyl (C=O) groups excluding carboxylic acids is 3. The van der Waals surface area contributed by atoms with E-state index >= 15 is 0 Å². The van der Waals surface area contributed by atoms with Gasteiger partial charge in [-0.3, -0.25) is 19.7 Å². The van der Waals surface area contributed by atoms with Crippen LogP contribution in [0.4, 0.5) is 0 Å². The molecule has 1 heterocycles. The number of likely N-dealkylation sites (tertiary alicyclic amines) is 1. The minimum Gasteiger partial charge on any atom is -0.507 e. The number of aromatic hydroxyl groups is 1. The number of phenolic OH excluding ortho intramolecular Hbond substituents is 1. The molecule has 1 aromatic rings. The monoisotopic (exact) mass is 308 g/mol. The average Bonchev–Trinajstić information content (AvgIpc) is 2.83. The summed E-state index contributed by atoms with van der Waals surface area (Å²) >= 11 is 1.15. The molecule has 1 fully saturated rings. The van der Waals surface area contributed by atoms with E-state index in [2.05, 4.69) is 5.32 Å². The number of phenols is 1. The number of carbonyl (C=O) groups is 3. The molecule has 0 radical (unpaired) electrons. The summed E-state index contributed by atoms with van der Waals surface area (Å²) in [5.41, 5.74) is 0. The number of benzene rings is 1. The zero-order valence-corrected chi connectivity index (χ0v) is 12.2. The highest BCUT2D eigenvalue weighted by Crippen LogP contribution is 2.27. The van der Waals surface area contributed by atoms with Gasteiger partial charge in [-0.15, -0.1) is 11.8 Å². The largest absolute Gasteiger partial charge is 0.507 e. The molecule has 0 unspecified atom stereocenters. The van der Waals surface area contributed by atoms with Crippen molar-refractivity contribution in [1.82, 2.24) is 10.2 Å². The Balaban J connectivity index is 1.75. The molecule has 0 bridgehead atoms. The Labute approximate surface area is 126 Å². The zero-order chi connectivity index (χ0) is 15.2. The second-order valence-electron chi connectivity index (χ2n) is 4.65. The summed E-state index contributed by atoms with van der Waals surface area (Å²) in [7, 11) is 0. The van der Waals surface area contributed by atoms with E-state index in [9.17, 15) is 19.5 Å². The first-order valence-corrected chi connectivity index (χ1v) is 7.56. The van der Waals surface area contributed by atoms with Crippen LogP contribution in [0, 0.1) is 0 Å². The summed E-state index contributed by atoms with van der Waals surface area (Å²) in [6.45, 7) is 0.485. The number of imide groups is 1. The normalized spacial score (nSPS) is 14.3. The van der Waals surface area contributed by atoms with Crippen molar-refractivity contribution in [3.8, 4) is 5.75 Å². The van der Waals surface area contributed by atoms with Crippen molar-refractivity contribution in [1.29, 1.82) is 0 Å². The van der Waals surface area contributed by atoms with Crippen LogP contribution < -0.4 is 5.32 Å². The van der Waals surface area contributed by atoms with Crippen molar-refractivity contribution in [2.75, 3.05) is 18.8 Å². The summed E-state index contributed by atoms with van der Waals surface area (Å²) in [6.07, 6.45) is 1.22. The van der Waals surface area contributed by atoms with Gasteiger partial charge < -0.3 is 10.0 Å². The van der Waals surface area contributed by atoms with Gasteiger partial charge in [0, 0.05) is 17.9 Å². The van der Waals surface area contributed by atoms with Gasteiger partial charge in [-0.05, 0) is 18.6 Å². The van der Waals surface area contributed by atoms with Crippen LogP contribution >= 0.6 is 11.8 Å². The fourth-order valence-corrected chi connectivity index (χ4v) is 2.75. The average molecular weight is 308 g/mol. The highest BCUT2D eigenvalue weighted by Gasteiger charge is 2.23. The fourth-order valence-electron chi connectivity index (χ4n) is 2.00. The first-order chi connectivity index (χ1) is 10.1. The van der Waals surface area contributed by atoms with E-state index in [1.165, 1.54) is 11.0 Å². The summed E-state index contributed by atoms with van der Waals surface area (Å²) in [4.78, 5) is 36.7. The molecule has 0 saturated carbocycles. The van der Waals surface area contributed by atoms with Gasteiger partial charge in [-0.1, -0.05) is 12.1 Å². The van der Waals surface area contributed by atoms with E-state index in [4.69, 9.17) is 0 Å². The van der Waals surface area contributed by atoms with Crippen LogP contribution in [0.3, 0.4) is 0 Å². The standard InChI is InChI=1S/C14H16N2O4S/c17-10-4-1-2-5-11(10)21-9-13(19)15-12(18)8-16-7-3-6-14(16)20/h1-2,4-5,17H,3,6-9H2,(H,15,18,19). The van der Waals surface area contributed by atoms with Crippen LogP contribution in [0.5, 0.6) is 5.75 Å². The lowest BCUT2D eigenvalue weighted by atomic mass is 10.3. The van der Waals surface area contributed by atoms with E-state index in [0.717, 1.165) is 18.2 Å². The first-order valence-electron chi connectivity index (χ1n) is 6.57. The van der Waals surface area contributed by atoms with Gasteiger partial charge in [0.1, 0.15) is 5.75 Å². The number of hydrogen-bond donors (Lipinski definition) is 2. The maximum atomic E-state index is 11.7. The van der Waals surface area contributed by atoms with Gasteiger partial charge in [0.25, 0.3) is 0 Å². The molecule has 1 aromatic carbocycles. The third kappa shape index (κ3) is 4.49. The third-order valence-electron chi connectivity index (χ3n) is 3.01. The first kappa shape index (κ1) is 15.4. The topological polar surface area (TPSA) is 86.7 Å². The highest BCUT2D eigenvalue weighted by molar-refractivity contribution is 8.00. The van der Waals surface area contributed by atoms with Crippen LogP contribution in [0.2, 0.25) is 0 Å².